The molecule has 0 spiro atoms. The Kier molecular flexibility index (Phi) is 6.22. The van der Waals surface area contributed by atoms with Crippen LogP contribution in [0.1, 0.15) is 48.2 Å². The van der Waals surface area contributed by atoms with E-state index < -0.39 is 5.97 Å². The number of nitrogens with zero attached hydrogens (tertiary/aromatic N) is 2. The molecule has 1 saturated heterocycles. The van der Waals surface area contributed by atoms with Crippen molar-refractivity contribution in [1.82, 2.24) is 9.88 Å². The number of hydrogen-bond donors (Lipinski definition) is 1. The van der Waals surface area contributed by atoms with E-state index in [1.54, 1.807) is 23.7 Å². The summed E-state index contributed by atoms with van der Waals surface area (Å²) in [6.45, 7) is 1.04. The van der Waals surface area contributed by atoms with Crippen molar-refractivity contribution in [2.24, 2.45) is 0 Å². The van der Waals surface area contributed by atoms with Crippen molar-refractivity contribution in [2.75, 3.05) is 6.54 Å². The third-order valence-electron chi connectivity index (χ3n) is 4.53. The third kappa shape index (κ3) is 4.82. The fraction of sp³-hybridized carbons (Fsp3) is 0.421. The molecule has 1 fully saturated rings. The Hall–Kier alpha value is -2.41. The standard InChI is InChI=1S/C19H22N2O4S/c22-18(23)8-7-16-5-1-2-9-21(16)19(24)14-4-3-6-17(10-14)25-11-15-12-26-13-20-15/h3-4,6,10,12-13,16H,1-2,5,7-9,11H2,(H,22,23)/t16-/m1/s1. The lowest BCUT2D eigenvalue weighted by molar-refractivity contribution is -0.137. The van der Waals surface area contributed by atoms with Crippen molar-refractivity contribution in [3.63, 3.8) is 0 Å². The van der Waals surface area contributed by atoms with Crippen molar-refractivity contribution in [3.8, 4) is 5.75 Å². The number of carbonyl (C=O) groups excluding carboxylic acids is 1. The first kappa shape index (κ1) is 18.4. The molecule has 26 heavy (non-hydrogen) atoms. The predicted octanol–water partition coefficient (Wildman–Crippen LogP) is 3.58. The maximum absolute atomic E-state index is 13.0. The summed E-state index contributed by atoms with van der Waals surface area (Å²) in [4.78, 5) is 29.8. The van der Waals surface area contributed by atoms with Crippen LogP contribution in [0, 0.1) is 0 Å². The quantitative estimate of drug-likeness (QED) is 0.801. The Morgan fingerprint density at radius 2 is 2.23 bits per heavy atom. The average Bonchev–Trinajstić information content (AvgIpc) is 3.18. The minimum absolute atomic E-state index is 0.00747. The molecule has 0 saturated carbocycles. The van der Waals surface area contributed by atoms with E-state index in [4.69, 9.17) is 9.84 Å². The summed E-state index contributed by atoms with van der Waals surface area (Å²) in [5.74, 6) is -0.248. The van der Waals surface area contributed by atoms with Gasteiger partial charge in [-0.2, -0.15) is 0 Å². The number of carboxylic acids is 1. The lowest BCUT2D eigenvalue weighted by Crippen LogP contribution is -2.44. The highest BCUT2D eigenvalue weighted by Gasteiger charge is 2.27. The van der Waals surface area contributed by atoms with Gasteiger partial charge < -0.3 is 14.7 Å². The molecular formula is C19H22N2O4S. The maximum atomic E-state index is 13.0. The molecule has 0 aliphatic carbocycles. The molecule has 6 nitrogen and oxygen atoms in total. The summed E-state index contributed by atoms with van der Waals surface area (Å²) in [6.07, 6.45) is 3.44. The number of carboxylic acid groups (broad SMARTS) is 1. The Morgan fingerprint density at radius 3 is 3.00 bits per heavy atom. The van der Waals surface area contributed by atoms with Gasteiger partial charge in [-0.05, 0) is 43.9 Å². The number of piperidine rings is 1. The van der Waals surface area contributed by atoms with Crippen LogP contribution < -0.4 is 4.74 Å². The van der Waals surface area contributed by atoms with Gasteiger partial charge in [0.2, 0.25) is 0 Å². The minimum Gasteiger partial charge on any atom is -0.487 e. The zero-order valence-corrected chi connectivity index (χ0v) is 15.3. The van der Waals surface area contributed by atoms with Gasteiger partial charge in [-0.1, -0.05) is 6.07 Å². The topological polar surface area (TPSA) is 79.7 Å². The van der Waals surface area contributed by atoms with E-state index in [1.165, 1.54) is 11.3 Å². The van der Waals surface area contributed by atoms with Gasteiger partial charge in [0, 0.05) is 30.0 Å². The molecule has 1 aromatic heterocycles. The van der Waals surface area contributed by atoms with E-state index in [-0.39, 0.29) is 18.4 Å². The van der Waals surface area contributed by atoms with Crippen LogP contribution in [0.25, 0.3) is 0 Å². The summed E-state index contributed by atoms with van der Waals surface area (Å²) in [5, 5.41) is 10.9. The lowest BCUT2D eigenvalue weighted by atomic mass is 9.97. The monoisotopic (exact) mass is 374 g/mol. The fourth-order valence-corrected chi connectivity index (χ4v) is 3.75. The van der Waals surface area contributed by atoms with Crippen molar-refractivity contribution >= 4 is 23.2 Å². The van der Waals surface area contributed by atoms with Crippen LogP contribution in [0.15, 0.2) is 35.2 Å². The van der Waals surface area contributed by atoms with Gasteiger partial charge in [0.25, 0.3) is 5.91 Å². The van der Waals surface area contributed by atoms with Gasteiger partial charge in [-0.25, -0.2) is 4.98 Å². The van der Waals surface area contributed by atoms with Crippen LogP contribution in [0.4, 0.5) is 0 Å². The second-order valence-electron chi connectivity index (χ2n) is 6.38. The smallest absolute Gasteiger partial charge is 0.303 e. The van der Waals surface area contributed by atoms with Crippen LogP contribution >= 0.6 is 11.3 Å². The number of amides is 1. The van der Waals surface area contributed by atoms with Crippen LogP contribution in [0.2, 0.25) is 0 Å². The Bertz CT molecular complexity index is 748. The number of ether oxygens (including phenoxy) is 1. The number of benzene rings is 1. The lowest BCUT2D eigenvalue weighted by Gasteiger charge is -2.35. The summed E-state index contributed by atoms with van der Waals surface area (Å²) >= 11 is 1.51. The second kappa shape index (κ2) is 8.80. The molecule has 0 radical (unpaired) electrons. The third-order valence-corrected chi connectivity index (χ3v) is 5.17. The molecule has 1 atom stereocenters. The van der Waals surface area contributed by atoms with E-state index in [9.17, 15) is 9.59 Å². The first-order valence-corrected chi connectivity index (χ1v) is 9.70. The Balaban J connectivity index is 1.67. The van der Waals surface area contributed by atoms with Gasteiger partial charge in [0.1, 0.15) is 12.4 Å². The summed E-state index contributed by atoms with van der Waals surface area (Å²) in [6, 6.07) is 7.14. The van der Waals surface area contributed by atoms with E-state index in [0.717, 1.165) is 25.0 Å². The predicted molar refractivity (Wildman–Crippen MR) is 98.4 cm³/mol. The largest absolute Gasteiger partial charge is 0.487 e. The van der Waals surface area contributed by atoms with Gasteiger partial charge in [-0.3, -0.25) is 9.59 Å². The Morgan fingerprint density at radius 1 is 1.35 bits per heavy atom. The molecule has 1 amide bonds. The highest BCUT2D eigenvalue weighted by Crippen LogP contribution is 2.24. The van der Waals surface area contributed by atoms with E-state index in [0.29, 0.717) is 30.9 Å². The zero-order chi connectivity index (χ0) is 18.4. The van der Waals surface area contributed by atoms with Gasteiger partial charge in [0.05, 0.1) is 11.2 Å². The molecule has 1 aromatic carbocycles. The van der Waals surface area contributed by atoms with Crippen molar-refractivity contribution in [3.05, 3.63) is 46.4 Å². The van der Waals surface area contributed by atoms with Crippen LogP contribution in [0.5, 0.6) is 5.75 Å². The van der Waals surface area contributed by atoms with Crippen molar-refractivity contribution in [1.29, 1.82) is 0 Å². The SMILES string of the molecule is O=C(O)CC[C@H]1CCCCN1C(=O)c1cccc(OCc2cscn2)c1. The van der Waals surface area contributed by atoms with Crippen molar-refractivity contribution < 1.29 is 19.4 Å². The zero-order valence-electron chi connectivity index (χ0n) is 14.5. The van der Waals surface area contributed by atoms with E-state index >= 15 is 0 Å². The summed E-state index contributed by atoms with van der Waals surface area (Å²) in [5.41, 5.74) is 3.19. The molecule has 2 aromatic rings. The number of likely N-dealkylation sites (tertiary alicyclic amines) is 1. The number of rotatable bonds is 7. The number of aromatic nitrogens is 1. The summed E-state index contributed by atoms with van der Waals surface area (Å²) in [7, 11) is 0. The normalized spacial score (nSPS) is 17.1. The molecule has 0 bridgehead atoms. The maximum Gasteiger partial charge on any atom is 0.303 e. The van der Waals surface area contributed by atoms with Crippen LogP contribution in [0.3, 0.4) is 0 Å². The van der Waals surface area contributed by atoms with Crippen LogP contribution in [-0.2, 0) is 11.4 Å². The molecule has 1 aliphatic rings. The number of hydrogen-bond acceptors (Lipinski definition) is 5. The summed E-state index contributed by atoms with van der Waals surface area (Å²) < 4.78 is 5.73. The molecule has 2 heterocycles. The number of thiazole rings is 1. The molecule has 3 rings (SSSR count). The van der Waals surface area contributed by atoms with Crippen molar-refractivity contribution in [2.45, 2.75) is 44.8 Å². The first-order valence-electron chi connectivity index (χ1n) is 8.76. The van der Waals surface area contributed by atoms with E-state index in [2.05, 4.69) is 4.98 Å². The molecule has 138 valence electrons. The minimum atomic E-state index is -0.819. The highest BCUT2D eigenvalue weighted by molar-refractivity contribution is 7.07. The van der Waals surface area contributed by atoms with Gasteiger partial charge >= 0.3 is 5.97 Å². The fourth-order valence-electron chi connectivity index (χ4n) is 3.21. The average molecular weight is 374 g/mol. The van der Waals surface area contributed by atoms with Gasteiger partial charge in [-0.15, -0.1) is 11.3 Å². The molecule has 0 unspecified atom stereocenters. The Labute approximate surface area is 156 Å². The highest BCUT2D eigenvalue weighted by atomic mass is 32.1. The number of aliphatic carboxylic acids is 1. The molecule has 1 aliphatic heterocycles. The molecular weight excluding hydrogens is 352 g/mol. The van der Waals surface area contributed by atoms with Gasteiger partial charge in [0.15, 0.2) is 0 Å². The van der Waals surface area contributed by atoms with Crippen LogP contribution in [-0.4, -0.2) is 39.5 Å². The molecule has 7 heteroatoms. The second-order valence-corrected chi connectivity index (χ2v) is 7.10. The van der Waals surface area contributed by atoms with E-state index in [1.807, 2.05) is 16.3 Å². The first-order chi connectivity index (χ1) is 12.6. The molecule has 1 N–H and O–H groups in total. The number of carbonyl (C=O) groups is 2.